The first kappa shape index (κ1) is 19.5. The second-order valence-corrected chi connectivity index (χ2v) is 6.60. The number of rotatable bonds is 9. The van der Waals surface area contributed by atoms with Gasteiger partial charge >= 0.3 is 0 Å². The molecule has 0 saturated carbocycles. The fourth-order valence-corrected chi connectivity index (χ4v) is 2.96. The van der Waals surface area contributed by atoms with Gasteiger partial charge in [0.2, 0.25) is 0 Å². The lowest BCUT2D eigenvalue weighted by molar-refractivity contribution is 0.0952. The molecule has 28 heavy (non-hydrogen) atoms. The molecule has 0 radical (unpaired) electrons. The molecule has 2 heterocycles. The van der Waals surface area contributed by atoms with Gasteiger partial charge in [-0.1, -0.05) is 25.0 Å². The molecule has 0 aliphatic rings. The number of unbranched alkanes of at least 4 members (excludes halogenated alkanes) is 3. The SMILES string of the molecule is O=C(NCCCCCCc1ccc(-n2ncccc2=O)cc1)c1cccnc1. The molecule has 1 N–H and O–H groups in total. The summed E-state index contributed by atoms with van der Waals surface area (Å²) in [6.45, 7) is 0.682. The highest BCUT2D eigenvalue weighted by molar-refractivity contribution is 5.93. The molecule has 2 aromatic heterocycles. The highest BCUT2D eigenvalue weighted by atomic mass is 16.1. The molecule has 0 aliphatic carbocycles. The van der Waals surface area contributed by atoms with Crippen LogP contribution in [0.15, 0.2) is 71.9 Å². The minimum atomic E-state index is -0.133. The van der Waals surface area contributed by atoms with Crippen molar-refractivity contribution in [2.75, 3.05) is 6.54 Å². The summed E-state index contributed by atoms with van der Waals surface area (Å²) in [6, 6.07) is 14.6. The molecule has 1 aromatic carbocycles. The maximum atomic E-state index is 11.9. The molecule has 0 aliphatic heterocycles. The van der Waals surface area contributed by atoms with Crippen molar-refractivity contribution in [2.45, 2.75) is 32.1 Å². The molecule has 0 saturated heterocycles. The topological polar surface area (TPSA) is 76.9 Å². The van der Waals surface area contributed by atoms with Crippen molar-refractivity contribution in [1.29, 1.82) is 0 Å². The van der Waals surface area contributed by atoms with E-state index in [9.17, 15) is 9.59 Å². The molecule has 3 rings (SSSR count). The number of amides is 1. The lowest BCUT2D eigenvalue weighted by Crippen LogP contribution is -2.24. The van der Waals surface area contributed by atoms with Gasteiger partial charge in [-0.25, -0.2) is 0 Å². The van der Waals surface area contributed by atoms with E-state index in [1.165, 1.54) is 16.3 Å². The summed E-state index contributed by atoms with van der Waals surface area (Å²) in [4.78, 5) is 27.6. The van der Waals surface area contributed by atoms with Crippen molar-refractivity contribution >= 4 is 5.91 Å². The van der Waals surface area contributed by atoms with Crippen molar-refractivity contribution in [3.05, 3.63) is 88.6 Å². The molecule has 0 spiro atoms. The molecular formula is C22H24N4O2. The third-order valence-electron chi connectivity index (χ3n) is 4.50. The van der Waals surface area contributed by atoms with Gasteiger partial charge in [-0.15, -0.1) is 0 Å². The monoisotopic (exact) mass is 376 g/mol. The number of pyridine rings is 1. The summed E-state index contributed by atoms with van der Waals surface area (Å²) in [5, 5.41) is 7.01. The first-order valence-corrected chi connectivity index (χ1v) is 9.56. The summed E-state index contributed by atoms with van der Waals surface area (Å²) < 4.78 is 1.39. The third kappa shape index (κ3) is 5.61. The fourth-order valence-electron chi connectivity index (χ4n) is 2.96. The number of benzene rings is 1. The van der Waals surface area contributed by atoms with Crippen molar-refractivity contribution in [3.63, 3.8) is 0 Å². The van der Waals surface area contributed by atoms with Crippen LogP contribution in [0.3, 0.4) is 0 Å². The minimum absolute atomic E-state index is 0.0693. The smallest absolute Gasteiger partial charge is 0.271 e. The van der Waals surface area contributed by atoms with Crippen LogP contribution in [0, 0.1) is 0 Å². The second kappa shape index (κ2) is 10.2. The van der Waals surface area contributed by atoms with Crippen molar-refractivity contribution < 1.29 is 4.79 Å². The Morgan fingerprint density at radius 3 is 2.46 bits per heavy atom. The summed E-state index contributed by atoms with van der Waals surface area (Å²) >= 11 is 0. The Morgan fingerprint density at radius 2 is 1.71 bits per heavy atom. The number of carbonyl (C=O) groups excluding carboxylic acids is 1. The van der Waals surface area contributed by atoms with Crippen LogP contribution in [0.1, 0.15) is 41.6 Å². The van der Waals surface area contributed by atoms with E-state index >= 15 is 0 Å². The quantitative estimate of drug-likeness (QED) is 0.582. The lowest BCUT2D eigenvalue weighted by atomic mass is 10.1. The Labute approximate surface area is 164 Å². The number of hydrogen-bond donors (Lipinski definition) is 1. The van der Waals surface area contributed by atoms with Gasteiger partial charge in [0, 0.05) is 31.2 Å². The summed E-state index contributed by atoms with van der Waals surface area (Å²) in [6.07, 6.45) is 10.1. The Morgan fingerprint density at radius 1 is 0.929 bits per heavy atom. The molecule has 144 valence electrons. The molecule has 6 nitrogen and oxygen atoms in total. The average Bonchev–Trinajstić information content (AvgIpc) is 2.74. The zero-order valence-corrected chi connectivity index (χ0v) is 15.8. The first-order valence-electron chi connectivity index (χ1n) is 9.56. The molecule has 0 atom stereocenters. The average molecular weight is 376 g/mol. The molecule has 6 heteroatoms. The number of aryl methyl sites for hydroxylation is 1. The maximum Gasteiger partial charge on any atom is 0.271 e. The number of nitrogens with zero attached hydrogens (tertiary/aromatic N) is 3. The lowest BCUT2D eigenvalue weighted by Gasteiger charge is -2.06. The number of nitrogens with one attached hydrogen (secondary N) is 1. The van der Waals surface area contributed by atoms with Gasteiger partial charge in [0.05, 0.1) is 11.3 Å². The minimum Gasteiger partial charge on any atom is -0.352 e. The predicted molar refractivity (Wildman–Crippen MR) is 109 cm³/mol. The maximum absolute atomic E-state index is 11.9. The van der Waals surface area contributed by atoms with Crippen LogP contribution in [0.2, 0.25) is 0 Å². The van der Waals surface area contributed by atoms with E-state index in [-0.39, 0.29) is 11.5 Å². The van der Waals surface area contributed by atoms with E-state index in [2.05, 4.69) is 15.4 Å². The van der Waals surface area contributed by atoms with Crippen LogP contribution in [-0.2, 0) is 6.42 Å². The van der Waals surface area contributed by atoms with Crippen LogP contribution >= 0.6 is 0 Å². The van der Waals surface area contributed by atoms with E-state index in [1.54, 1.807) is 36.8 Å². The van der Waals surface area contributed by atoms with Gasteiger partial charge in [-0.3, -0.25) is 14.6 Å². The van der Waals surface area contributed by atoms with E-state index in [0.717, 1.165) is 37.8 Å². The second-order valence-electron chi connectivity index (χ2n) is 6.60. The van der Waals surface area contributed by atoms with Crippen molar-refractivity contribution in [3.8, 4) is 5.69 Å². The normalized spacial score (nSPS) is 10.6. The Bertz CT molecular complexity index is 937. The molecular weight excluding hydrogens is 352 g/mol. The van der Waals surface area contributed by atoms with Crippen molar-refractivity contribution in [2.24, 2.45) is 0 Å². The van der Waals surface area contributed by atoms with Crippen LogP contribution in [0.5, 0.6) is 0 Å². The highest BCUT2D eigenvalue weighted by Gasteiger charge is 2.04. The van der Waals surface area contributed by atoms with E-state index < -0.39 is 0 Å². The zero-order chi connectivity index (χ0) is 19.6. The van der Waals surface area contributed by atoms with Gasteiger partial charge < -0.3 is 5.32 Å². The van der Waals surface area contributed by atoms with Gasteiger partial charge in [-0.05, 0) is 55.2 Å². The number of aromatic nitrogens is 3. The van der Waals surface area contributed by atoms with Gasteiger partial charge in [0.25, 0.3) is 11.5 Å². The highest BCUT2D eigenvalue weighted by Crippen LogP contribution is 2.11. The molecule has 0 bridgehead atoms. The number of hydrogen-bond acceptors (Lipinski definition) is 4. The summed E-state index contributed by atoms with van der Waals surface area (Å²) in [5.74, 6) is -0.0693. The van der Waals surface area contributed by atoms with Crippen LogP contribution < -0.4 is 10.9 Å². The Hall–Kier alpha value is -3.28. The molecule has 3 aromatic rings. The fraction of sp³-hybridized carbons (Fsp3) is 0.273. The first-order chi connectivity index (χ1) is 13.7. The standard InChI is InChI=1S/C22H24N4O2/c27-21-9-6-16-25-26(21)20-12-10-18(11-13-20)7-3-1-2-4-15-24-22(28)19-8-5-14-23-17-19/h5-6,8-14,16-17H,1-4,7,15H2,(H,24,28). The van der Waals surface area contributed by atoms with E-state index in [1.807, 2.05) is 24.3 Å². The van der Waals surface area contributed by atoms with Crippen LogP contribution in [0.25, 0.3) is 5.69 Å². The number of carbonyl (C=O) groups is 1. The van der Waals surface area contributed by atoms with Crippen LogP contribution in [-0.4, -0.2) is 27.2 Å². The summed E-state index contributed by atoms with van der Waals surface area (Å²) in [5.41, 5.74) is 2.49. The molecule has 1 amide bonds. The van der Waals surface area contributed by atoms with Crippen molar-refractivity contribution in [1.82, 2.24) is 20.1 Å². The van der Waals surface area contributed by atoms with E-state index in [4.69, 9.17) is 0 Å². The van der Waals surface area contributed by atoms with E-state index in [0.29, 0.717) is 12.1 Å². The predicted octanol–water partition coefficient (Wildman–Crippen LogP) is 3.16. The Balaban J connectivity index is 1.33. The Kier molecular flexibility index (Phi) is 7.07. The largest absolute Gasteiger partial charge is 0.352 e. The van der Waals surface area contributed by atoms with Gasteiger partial charge in [0.1, 0.15) is 0 Å². The molecule has 0 unspecified atom stereocenters. The van der Waals surface area contributed by atoms with Gasteiger partial charge in [0.15, 0.2) is 0 Å². The van der Waals surface area contributed by atoms with Crippen LogP contribution in [0.4, 0.5) is 0 Å². The zero-order valence-electron chi connectivity index (χ0n) is 15.8. The summed E-state index contributed by atoms with van der Waals surface area (Å²) in [7, 11) is 0. The molecule has 0 fully saturated rings. The third-order valence-corrected chi connectivity index (χ3v) is 4.50. The van der Waals surface area contributed by atoms with Gasteiger partial charge in [-0.2, -0.15) is 9.78 Å².